The summed E-state index contributed by atoms with van der Waals surface area (Å²) in [6.07, 6.45) is 41.5. The third-order valence-corrected chi connectivity index (χ3v) is 16.1. The summed E-state index contributed by atoms with van der Waals surface area (Å²) in [6, 6.07) is 63.1. The molecular weight excluding hydrogens is 1690 g/mol. The van der Waals surface area contributed by atoms with E-state index in [1.165, 1.54) is 69.1 Å². The predicted octanol–water partition coefficient (Wildman–Crippen LogP) is 14.4. The summed E-state index contributed by atoms with van der Waals surface area (Å²) >= 11 is 1.61. The van der Waals surface area contributed by atoms with Crippen molar-refractivity contribution in [3.05, 3.63) is 482 Å². The Hall–Kier alpha value is -20.4. The van der Waals surface area contributed by atoms with Crippen LogP contribution in [-0.4, -0.2) is 113 Å². The van der Waals surface area contributed by atoms with Crippen LogP contribution >= 0.6 is 11.3 Å². The molecule has 0 saturated carbocycles. The summed E-state index contributed by atoms with van der Waals surface area (Å²) in [7, 11) is 5.89. The van der Waals surface area contributed by atoms with Crippen molar-refractivity contribution in [1.82, 2.24) is 113 Å². The van der Waals surface area contributed by atoms with Crippen LogP contribution in [0, 0.1) is 118 Å². The van der Waals surface area contributed by atoms with E-state index < -0.39 is 0 Å². The number of hydrogen-bond acceptors (Lipinski definition) is 27. The monoisotopic (exact) mass is 1760 g/mol. The third kappa shape index (κ3) is 37.7. The van der Waals surface area contributed by atoms with E-state index in [0.29, 0.717) is 75.7 Å². The van der Waals surface area contributed by atoms with Crippen LogP contribution in [0.4, 0.5) is 0 Å². The molecule has 0 saturated heterocycles. The number of furan rings is 3. The molecule has 0 unspecified atom stereocenters. The number of thiophene rings is 1. The molecule has 0 amide bonds. The summed E-state index contributed by atoms with van der Waals surface area (Å²) in [5.41, 5.74) is 5.94. The van der Waals surface area contributed by atoms with Gasteiger partial charge < -0.3 is 40.2 Å². The molecule has 17 heterocycles. The van der Waals surface area contributed by atoms with Gasteiger partial charge in [0.15, 0.2) is 17.3 Å². The number of nitrogens with zero attached hydrogens (tertiary/aromatic N) is 23. The van der Waals surface area contributed by atoms with E-state index in [2.05, 4.69) is 218 Å². The third-order valence-electron chi connectivity index (χ3n) is 15.3. The molecule has 20 rings (SSSR count). The molecule has 0 fully saturated rings. The number of aryl methyl sites for hydroxylation is 3. The molecule has 0 bridgehead atoms. The first kappa shape index (κ1) is 93.3. The van der Waals surface area contributed by atoms with Crippen LogP contribution in [0.3, 0.4) is 0 Å². The lowest BCUT2D eigenvalue weighted by Crippen LogP contribution is -1.90. The molecule has 638 valence electrons. The van der Waals surface area contributed by atoms with Gasteiger partial charge in [-0.25, -0.2) is 99.7 Å². The standard InChI is InChI=1S/C13H11N.C12H8O.C11H9N3.C11H7NO.C10H8N4.C10H6N2O.C10H6N2S.2C9H5N3O.C8H4N4O/c1-14-11-5-8-13(14)10-9-12-6-3-2-4-7-12;1-2-5-11(6-3-1)8-9-12-7-4-10-13-12;1-14-9-2-4-10(14)5-6-11-12-7-3-8-13-11;1-2-4-10(5-3-1)6-7-11-12-8-9-13-11;1-14-6-2-3-9(14)4-5-10-12-7-11-8-13-10;2*1-3-9(13-8-1)4-5-10-11-6-2-7-12-10;1-4-10-8(11-5-1)2-3-9-12-6-7-13-9;1-2-8(13-5-1)3-4-9-11-6-10-7-12-9;1(2-8-10-3-4-13-8)7-11-5-9-6-12-7/h2-8,11H,1H3;1-7,10H;2-4,7-9H,1H3;1-5,8-9H;2-3,6-8H,1H3;2*1-3,6-8H;1,4-7H;1-2,5-7H;3-6H. The minimum Gasteiger partial charge on any atom is -0.456 e. The Bertz CT molecular complexity index is 6280. The fourth-order valence-corrected chi connectivity index (χ4v) is 9.74. The molecule has 29 nitrogen and oxygen atoms in total. The Labute approximate surface area is 768 Å². The van der Waals surface area contributed by atoms with Crippen LogP contribution in [0.2, 0.25) is 0 Å². The van der Waals surface area contributed by atoms with E-state index in [9.17, 15) is 0 Å². The van der Waals surface area contributed by atoms with Crippen molar-refractivity contribution in [2.24, 2.45) is 21.1 Å². The summed E-state index contributed by atoms with van der Waals surface area (Å²) in [4.78, 5) is 78.5. The Morgan fingerprint density at radius 1 is 0.211 bits per heavy atom. The van der Waals surface area contributed by atoms with E-state index >= 15 is 0 Å². The molecule has 0 aliphatic carbocycles. The number of oxazole rings is 3. The minimum absolute atomic E-state index is 0.348. The van der Waals surface area contributed by atoms with Crippen LogP contribution in [0.1, 0.15) is 114 Å². The molecule has 30 heteroatoms. The Morgan fingerprint density at radius 2 is 0.489 bits per heavy atom. The topological polar surface area (TPSA) is 351 Å². The maximum Gasteiger partial charge on any atom is 0.273 e. The minimum atomic E-state index is 0.348. The molecule has 0 aliphatic heterocycles. The van der Waals surface area contributed by atoms with Crippen LogP contribution in [0.15, 0.2) is 394 Å². The Balaban J connectivity index is 0.000000142. The van der Waals surface area contributed by atoms with Crippen LogP contribution in [0.5, 0.6) is 0 Å². The second-order valence-electron chi connectivity index (χ2n) is 24.7. The molecule has 0 N–H and O–H groups in total. The maximum atomic E-state index is 5.08. The fraction of sp³-hybridized carbons (Fsp3) is 0.0291. The summed E-state index contributed by atoms with van der Waals surface area (Å²) in [5.74, 6) is 63.8. The zero-order chi connectivity index (χ0) is 91.9. The van der Waals surface area contributed by atoms with E-state index in [1.54, 1.807) is 134 Å². The quantitative estimate of drug-likeness (QED) is 0.127. The molecule has 0 radical (unpaired) electrons. The van der Waals surface area contributed by atoms with Gasteiger partial charge in [0.1, 0.15) is 56.8 Å². The molecule has 0 atom stereocenters. The van der Waals surface area contributed by atoms with E-state index in [4.69, 9.17) is 26.5 Å². The van der Waals surface area contributed by atoms with Gasteiger partial charge in [0.2, 0.25) is 40.8 Å². The number of benzene rings is 3. The maximum absolute atomic E-state index is 5.08. The Kier molecular flexibility index (Phi) is 39.6. The van der Waals surface area contributed by atoms with Gasteiger partial charge in [-0.1, -0.05) is 78.4 Å². The average molecular weight is 1760 g/mol. The van der Waals surface area contributed by atoms with Crippen LogP contribution < -0.4 is 0 Å². The van der Waals surface area contributed by atoms with Gasteiger partial charge >= 0.3 is 0 Å². The average Bonchev–Trinajstić information content (AvgIpc) is 1.79. The smallest absolute Gasteiger partial charge is 0.273 e. The molecule has 3 aromatic carbocycles. The zero-order valence-corrected chi connectivity index (χ0v) is 71.6. The highest BCUT2D eigenvalue weighted by molar-refractivity contribution is 7.10. The van der Waals surface area contributed by atoms with E-state index in [0.717, 1.165) is 38.6 Å². The van der Waals surface area contributed by atoms with Gasteiger partial charge in [-0.15, -0.1) is 11.3 Å². The van der Waals surface area contributed by atoms with Crippen molar-refractivity contribution in [3.8, 4) is 118 Å². The van der Waals surface area contributed by atoms with E-state index in [1.807, 2.05) is 210 Å². The highest BCUT2D eigenvalue weighted by atomic mass is 32.1. The van der Waals surface area contributed by atoms with Gasteiger partial charge in [0.25, 0.3) is 17.7 Å². The fourth-order valence-electron chi connectivity index (χ4n) is 9.16. The van der Waals surface area contributed by atoms with Gasteiger partial charge in [-0.2, -0.15) is 0 Å². The molecule has 0 spiro atoms. The lowest BCUT2D eigenvalue weighted by Gasteiger charge is -1.91. The first-order valence-corrected chi connectivity index (χ1v) is 40.1. The van der Waals surface area contributed by atoms with Gasteiger partial charge in [0.05, 0.1) is 59.3 Å². The van der Waals surface area contributed by atoms with Gasteiger partial charge in [-0.3, -0.25) is 0 Å². The van der Waals surface area contributed by atoms with Gasteiger partial charge in [-0.05, 0) is 234 Å². The molecule has 133 heavy (non-hydrogen) atoms. The van der Waals surface area contributed by atoms with Crippen molar-refractivity contribution in [2.75, 3.05) is 0 Å². The largest absolute Gasteiger partial charge is 0.456 e. The molecule has 0 aliphatic rings. The van der Waals surface area contributed by atoms with Crippen molar-refractivity contribution in [2.45, 2.75) is 0 Å². The SMILES string of the molecule is C(#Cc1ccco1)c1ccccc1.C(#Cc1ccco1)c1ncccn1.C(#Cc1ccco1)c1ncncn1.C(#Cc1cccs1)c1ncccn1.C(#Cc1ncco1)c1ccccc1.C(#Cc1ncco1)c1ncccn1.C(#Cc1ncco1)c1ncncn1.Cn1cccc1C#Cc1ccccc1.Cn1cccc1C#Cc1ncccn1.Cn1cccc1C#Cc1ncncn1. The van der Waals surface area contributed by atoms with E-state index in [-0.39, 0.29) is 0 Å². The highest BCUT2D eigenvalue weighted by Crippen LogP contribution is 2.08. The summed E-state index contributed by atoms with van der Waals surface area (Å²) in [5, 5.41) is 2.00. The number of hydrogen-bond donors (Lipinski definition) is 0. The number of aromatic nitrogens is 23. The van der Waals surface area contributed by atoms with Crippen molar-refractivity contribution < 1.29 is 26.5 Å². The van der Waals surface area contributed by atoms with Crippen LogP contribution in [-0.2, 0) is 21.1 Å². The second-order valence-corrected chi connectivity index (χ2v) is 25.7. The zero-order valence-electron chi connectivity index (χ0n) is 70.8. The van der Waals surface area contributed by atoms with Crippen molar-refractivity contribution >= 4 is 11.3 Å². The summed E-state index contributed by atoms with van der Waals surface area (Å²) in [6.45, 7) is 0. The lowest BCUT2D eigenvalue weighted by molar-refractivity contribution is 0.543. The second kappa shape index (κ2) is 56.4. The predicted molar refractivity (Wildman–Crippen MR) is 493 cm³/mol. The van der Waals surface area contributed by atoms with Crippen molar-refractivity contribution in [3.63, 3.8) is 0 Å². The number of rotatable bonds is 0. The van der Waals surface area contributed by atoms with Crippen LogP contribution in [0.25, 0.3) is 0 Å². The van der Waals surface area contributed by atoms with Gasteiger partial charge in [0, 0.05) is 118 Å². The normalized spacial score (nSPS) is 9.02. The van der Waals surface area contributed by atoms with Crippen molar-refractivity contribution in [1.29, 1.82) is 0 Å². The first-order chi connectivity index (χ1) is 65.7. The lowest BCUT2D eigenvalue weighted by atomic mass is 10.2. The molecule has 17 aromatic heterocycles. The highest BCUT2D eigenvalue weighted by Gasteiger charge is 1.99. The summed E-state index contributed by atoms with van der Waals surface area (Å²) < 4.78 is 35.8. The molecule has 20 aromatic rings. The Morgan fingerprint density at radius 3 is 0.774 bits per heavy atom. The first-order valence-electron chi connectivity index (χ1n) is 39.2. The molecular formula is C103H69N23O6S.